The number of nitrogens with two attached hydrogens (primary N) is 2. The standard InChI is InChI=1S/C14H21N3O3S/c1-20-14(19)11-10(15)9(12(16)18)13(21-11)17-7-5-3-2-4-6-8-17/h2-8,15H2,1H3,(H2,16,18). The molecule has 0 spiro atoms. The predicted molar refractivity (Wildman–Crippen MR) is 83.9 cm³/mol. The Morgan fingerprint density at radius 1 is 1.14 bits per heavy atom. The maximum absolute atomic E-state index is 11.8. The van der Waals surface area contributed by atoms with Crippen molar-refractivity contribution in [1.82, 2.24) is 0 Å². The highest BCUT2D eigenvalue weighted by Crippen LogP contribution is 2.39. The highest BCUT2D eigenvalue weighted by Gasteiger charge is 2.27. The lowest BCUT2D eigenvalue weighted by Gasteiger charge is -2.26. The molecule has 0 aliphatic carbocycles. The molecule has 6 nitrogen and oxygen atoms in total. The molecule has 1 amide bonds. The van der Waals surface area contributed by atoms with Gasteiger partial charge in [-0.3, -0.25) is 4.79 Å². The van der Waals surface area contributed by atoms with Crippen LogP contribution >= 0.6 is 11.3 Å². The van der Waals surface area contributed by atoms with E-state index in [2.05, 4.69) is 4.90 Å². The second kappa shape index (κ2) is 6.80. The molecule has 0 bridgehead atoms. The second-order valence-corrected chi connectivity index (χ2v) is 6.13. The maximum atomic E-state index is 11.8. The van der Waals surface area contributed by atoms with E-state index in [0.29, 0.717) is 5.00 Å². The summed E-state index contributed by atoms with van der Waals surface area (Å²) in [7, 11) is 1.29. The van der Waals surface area contributed by atoms with Crippen LogP contribution in [-0.4, -0.2) is 32.1 Å². The molecule has 1 aliphatic rings. The van der Waals surface area contributed by atoms with Crippen molar-refractivity contribution >= 4 is 33.9 Å². The summed E-state index contributed by atoms with van der Waals surface area (Å²) >= 11 is 1.20. The SMILES string of the molecule is COC(=O)c1sc(N2CCCCCCC2)c(C(N)=O)c1N. The van der Waals surface area contributed by atoms with Gasteiger partial charge < -0.3 is 21.1 Å². The van der Waals surface area contributed by atoms with Crippen molar-refractivity contribution in [3.05, 3.63) is 10.4 Å². The number of nitrogens with zero attached hydrogens (tertiary/aromatic N) is 1. The zero-order valence-corrected chi connectivity index (χ0v) is 13.0. The fraction of sp³-hybridized carbons (Fsp3) is 0.571. The van der Waals surface area contributed by atoms with Crippen molar-refractivity contribution in [2.75, 3.05) is 30.8 Å². The van der Waals surface area contributed by atoms with E-state index in [4.69, 9.17) is 16.2 Å². The number of methoxy groups -OCH3 is 1. The Bertz CT molecular complexity index is 534. The molecule has 0 saturated carbocycles. The number of carbonyl (C=O) groups is 2. The smallest absolute Gasteiger partial charge is 0.350 e. The molecule has 116 valence electrons. The van der Waals surface area contributed by atoms with Gasteiger partial charge in [0.1, 0.15) is 9.88 Å². The number of nitrogen functional groups attached to an aromatic ring is 1. The van der Waals surface area contributed by atoms with E-state index in [-0.39, 0.29) is 16.1 Å². The first-order valence-electron chi connectivity index (χ1n) is 7.11. The minimum Gasteiger partial charge on any atom is -0.465 e. The van der Waals surface area contributed by atoms with Crippen molar-refractivity contribution in [3.63, 3.8) is 0 Å². The van der Waals surface area contributed by atoms with Gasteiger partial charge in [-0.05, 0) is 12.8 Å². The van der Waals surface area contributed by atoms with Crippen LogP contribution in [0, 0.1) is 0 Å². The van der Waals surface area contributed by atoms with Gasteiger partial charge in [0.25, 0.3) is 5.91 Å². The minimum absolute atomic E-state index is 0.136. The lowest BCUT2D eigenvalue weighted by molar-refractivity contribution is 0.0607. The summed E-state index contributed by atoms with van der Waals surface area (Å²) in [6.07, 6.45) is 5.71. The first kappa shape index (κ1) is 15.6. The number of hydrogen-bond donors (Lipinski definition) is 2. The molecule has 0 radical (unpaired) electrons. The molecule has 2 rings (SSSR count). The highest BCUT2D eigenvalue weighted by atomic mass is 32.1. The summed E-state index contributed by atoms with van der Waals surface area (Å²) in [4.78, 5) is 25.9. The van der Waals surface area contributed by atoms with Gasteiger partial charge in [-0.1, -0.05) is 19.3 Å². The molecule has 1 aromatic heterocycles. The molecule has 1 saturated heterocycles. The monoisotopic (exact) mass is 311 g/mol. The molecule has 0 unspecified atom stereocenters. The second-order valence-electron chi connectivity index (χ2n) is 5.14. The van der Waals surface area contributed by atoms with E-state index in [1.54, 1.807) is 0 Å². The van der Waals surface area contributed by atoms with Gasteiger partial charge in [-0.15, -0.1) is 11.3 Å². The Labute approximate surface area is 128 Å². The largest absolute Gasteiger partial charge is 0.465 e. The summed E-state index contributed by atoms with van der Waals surface area (Å²) < 4.78 is 4.72. The number of rotatable bonds is 3. The van der Waals surface area contributed by atoms with Gasteiger partial charge in [0, 0.05) is 13.1 Å². The number of ether oxygens (including phenoxy) is 1. The number of esters is 1. The van der Waals surface area contributed by atoms with Crippen LogP contribution in [0.3, 0.4) is 0 Å². The van der Waals surface area contributed by atoms with Crippen molar-refractivity contribution < 1.29 is 14.3 Å². The van der Waals surface area contributed by atoms with Crippen molar-refractivity contribution in [1.29, 1.82) is 0 Å². The Balaban J connectivity index is 2.40. The fourth-order valence-electron chi connectivity index (χ4n) is 2.59. The molecular formula is C14H21N3O3S. The lowest BCUT2D eigenvalue weighted by Crippen LogP contribution is -2.28. The number of thiophene rings is 1. The Morgan fingerprint density at radius 2 is 1.71 bits per heavy atom. The highest BCUT2D eigenvalue weighted by molar-refractivity contribution is 7.19. The number of primary amides is 1. The van der Waals surface area contributed by atoms with Crippen LogP contribution in [0.4, 0.5) is 10.7 Å². The van der Waals surface area contributed by atoms with Gasteiger partial charge >= 0.3 is 5.97 Å². The van der Waals surface area contributed by atoms with Gasteiger partial charge in [0.2, 0.25) is 0 Å². The van der Waals surface area contributed by atoms with Crippen molar-refractivity contribution in [2.24, 2.45) is 5.73 Å². The van der Waals surface area contributed by atoms with Crippen molar-refractivity contribution in [3.8, 4) is 0 Å². The minimum atomic E-state index is -0.601. The number of hydrogen-bond acceptors (Lipinski definition) is 6. The van der Waals surface area contributed by atoms with Gasteiger partial charge in [-0.2, -0.15) is 0 Å². The Morgan fingerprint density at radius 3 is 2.24 bits per heavy atom. The number of amides is 1. The summed E-state index contributed by atoms with van der Waals surface area (Å²) in [5, 5.41) is 0.697. The molecule has 1 aliphatic heterocycles. The first-order chi connectivity index (χ1) is 10.1. The van der Waals surface area contributed by atoms with Crippen LogP contribution < -0.4 is 16.4 Å². The van der Waals surface area contributed by atoms with E-state index in [1.807, 2.05) is 0 Å². The van der Waals surface area contributed by atoms with E-state index in [0.717, 1.165) is 25.9 Å². The maximum Gasteiger partial charge on any atom is 0.350 e. The van der Waals surface area contributed by atoms with E-state index in [1.165, 1.54) is 37.7 Å². The first-order valence-corrected chi connectivity index (χ1v) is 7.93. The summed E-state index contributed by atoms with van der Waals surface area (Å²) in [6, 6.07) is 0. The molecule has 2 heterocycles. The number of anilines is 2. The average Bonchev–Trinajstić information content (AvgIpc) is 2.75. The third-order valence-corrected chi connectivity index (χ3v) is 4.93. The van der Waals surface area contributed by atoms with Crippen LogP contribution in [0.15, 0.2) is 0 Å². The Kier molecular flexibility index (Phi) is 5.06. The topological polar surface area (TPSA) is 98.6 Å². The zero-order chi connectivity index (χ0) is 15.4. The third-order valence-electron chi connectivity index (χ3n) is 3.69. The zero-order valence-electron chi connectivity index (χ0n) is 12.2. The van der Waals surface area contributed by atoms with Crippen LogP contribution in [0.25, 0.3) is 0 Å². The van der Waals surface area contributed by atoms with Gasteiger partial charge in [0.05, 0.1) is 18.4 Å². The van der Waals surface area contributed by atoms with E-state index in [9.17, 15) is 9.59 Å². The van der Waals surface area contributed by atoms with Gasteiger partial charge in [-0.25, -0.2) is 4.79 Å². The molecule has 1 aromatic rings. The Hall–Kier alpha value is -1.76. The van der Waals surface area contributed by atoms with Crippen LogP contribution in [0.1, 0.15) is 52.1 Å². The third kappa shape index (κ3) is 3.29. The van der Waals surface area contributed by atoms with Crippen LogP contribution in [0.5, 0.6) is 0 Å². The van der Waals surface area contributed by atoms with E-state index < -0.39 is 11.9 Å². The van der Waals surface area contributed by atoms with Crippen LogP contribution in [-0.2, 0) is 4.74 Å². The molecule has 1 fully saturated rings. The molecule has 7 heteroatoms. The molecule has 4 N–H and O–H groups in total. The summed E-state index contributed by atoms with van der Waals surface area (Å²) in [6.45, 7) is 1.70. The normalized spacial score (nSPS) is 16.1. The summed E-state index contributed by atoms with van der Waals surface area (Å²) in [5.41, 5.74) is 11.8. The quantitative estimate of drug-likeness (QED) is 0.832. The lowest BCUT2D eigenvalue weighted by atomic mass is 10.1. The van der Waals surface area contributed by atoms with E-state index >= 15 is 0 Å². The van der Waals surface area contributed by atoms with Crippen molar-refractivity contribution in [2.45, 2.75) is 32.1 Å². The molecule has 0 aromatic carbocycles. The molecular weight excluding hydrogens is 290 g/mol. The number of carbonyl (C=O) groups excluding carboxylic acids is 2. The summed E-state index contributed by atoms with van der Waals surface area (Å²) in [5.74, 6) is -1.13. The molecule has 21 heavy (non-hydrogen) atoms. The average molecular weight is 311 g/mol. The van der Waals surface area contributed by atoms with Crippen LogP contribution in [0.2, 0.25) is 0 Å². The van der Waals surface area contributed by atoms with Gasteiger partial charge in [0.15, 0.2) is 0 Å². The molecule has 0 atom stereocenters. The predicted octanol–water partition coefficient (Wildman–Crippen LogP) is 1.99. The fourth-order valence-corrected chi connectivity index (χ4v) is 3.78.